The van der Waals surface area contributed by atoms with Crippen LogP contribution in [0, 0.1) is 0 Å². The molecular weight excluding hydrogens is 299 g/mol. The number of hydrogen-bond donors (Lipinski definition) is 1. The lowest BCUT2D eigenvalue weighted by atomic mass is 9.77. The van der Waals surface area contributed by atoms with Crippen LogP contribution < -0.4 is 5.46 Å². The van der Waals surface area contributed by atoms with E-state index in [-0.39, 0.29) is 5.75 Å². The first-order valence-electron chi connectivity index (χ1n) is 7.07. The minimum absolute atomic E-state index is 0.164. The molecule has 0 aromatic heterocycles. The summed E-state index contributed by atoms with van der Waals surface area (Å²) in [5.41, 5.74) is 1.30. The van der Waals surface area contributed by atoms with E-state index in [0.717, 1.165) is 11.1 Å². The second kappa shape index (κ2) is 5.54. The van der Waals surface area contributed by atoms with Crippen molar-refractivity contribution in [3.8, 4) is 0 Å². The van der Waals surface area contributed by atoms with Crippen LogP contribution in [0.3, 0.4) is 0 Å². The summed E-state index contributed by atoms with van der Waals surface area (Å²) in [4.78, 5) is 0. The predicted octanol–water partition coefficient (Wildman–Crippen LogP) is 0.887. The monoisotopic (exact) mass is 316 g/mol. The smallest absolute Gasteiger partial charge is 0.423 e. The van der Waals surface area contributed by atoms with Gasteiger partial charge in [-0.15, -0.1) is 0 Å². The lowest BCUT2D eigenvalue weighted by Crippen LogP contribution is -2.38. The number of fused-ring (bicyclic) bond motifs is 1. The molecule has 1 heterocycles. The van der Waals surface area contributed by atoms with Crippen LogP contribution in [0.1, 0.15) is 11.1 Å². The Morgan fingerprint density at radius 2 is 1.73 bits per heavy atom. The maximum absolute atomic E-state index is 11.9. The molecule has 114 valence electrons. The molecule has 3 rings (SSSR count). The van der Waals surface area contributed by atoms with Crippen molar-refractivity contribution >= 4 is 22.4 Å². The number of rotatable bonds is 4. The minimum atomic E-state index is -3.29. The first-order valence-corrected chi connectivity index (χ1v) is 9.13. The van der Waals surface area contributed by atoms with Crippen molar-refractivity contribution in [2.75, 3.05) is 12.0 Å². The van der Waals surface area contributed by atoms with Crippen molar-refractivity contribution in [1.29, 1.82) is 0 Å². The predicted molar refractivity (Wildman–Crippen MR) is 86.7 cm³/mol. The molecule has 0 aliphatic carbocycles. The van der Waals surface area contributed by atoms with E-state index < -0.39 is 22.6 Å². The summed E-state index contributed by atoms with van der Waals surface area (Å²) >= 11 is 0. The van der Waals surface area contributed by atoms with Crippen molar-refractivity contribution in [3.05, 3.63) is 65.7 Å². The van der Waals surface area contributed by atoms with E-state index in [9.17, 15) is 13.4 Å². The highest BCUT2D eigenvalue weighted by atomic mass is 32.2. The zero-order chi connectivity index (χ0) is 15.8. The zero-order valence-electron chi connectivity index (χ0n) is 12.3. The summed E-state index contributed by atoms with van der Waals surface area (Å²) in [6.45, 7) is 0. The maximum Gasteiger partial charge on any atom is 0.492 e. The third-order valence-corrected chi connectivity index (χ3v) is 4.87. The highest BCUT2D eigenvalue weighted by Crippen LogP contribution is 2.35. The van der Waals surface area contributed by atoms with Gasteiger partial charge in [-0.05, 0) is 16.6 Å². The fraction of sp³-hybridized carbons (Fsp3) is 0.250. The molecule has 2 aromatic carbocycles. The standard InChI is InChI=1S/C16H17BO4S/c1-22(19,20)12-16(11-13-7-3-2-4-8-13)14-9-5-6-10-15(14)17(18)21-16/h2-10,18H,11-12H2,1H3. The van der Waals surface area contributed by atoms with Crippen molar-refractivity contribution in [3.63, 3.8) is 0 Å². The van der Waals surface area contributed by atoms with E-state index in [4.69, 9.17) is 4.65 Å². The van der Waals surface area contributed by atoms with Crippen molar-refractivity contribution < 1.29 is 18.1 Å². The first kappa shape index (κ1) is 15.3. The summed E-state index contributed by atoms with van der Waals surface area (Å²) in [5, 5.41) is 10.2. The van der Waals surface area contributed by atoms with Crippen LogP contribution >= 0.6 is 0 Å². The molecule has 1 aliphatic heterocycles. The van der Waals surface area contributed by atoms with E-state index in [1.165, 1.54) is 6.26 Å². The van der Waals surface area contributed by atoms with Gasteiger partial charge < -0.3 is 9.68 Å². The second-order valence-corrected chi connectivity index (χ2v) is 7.92. The topological polar surface area (TPSA) is 63.6 Å². The average molecular weight is 316 g/mol. The molecule has 0 amide bonds. The highest BCUT2D eigenvalue weighted by molar-refractivity contribution is 7.90. The van der Waals surface area contributed by atoms with Gasteiger partial charge >= 0.3 is 7.12 Å². The fourth-order valence-corrected chi connectivity index (χ4v) is 4.29. The lowest BCUT2D eigenvalue weighted by Gasteiger charge is -2.30. The van der Waals surface area contributed by atoms with E-state index in [1.807, 2.05) is 48.5 Å². The van der Waals surface area contributed by atoms with E-state index in [1.54, 1.807) is 6.07 Å². The molecule has 0 saturated carbocycles. The van der Waals surface area contributed by atoms with Crippen molar-refractivity contribution in [2.24, 2.45) is 0 Å². The first-order chi connectivity index (χ1) is 10.4. The normalized spacial score (nSPS) is 20.9. The molecule has 0 fully saturated rings. The lowest BCUT2D eigenvalue weighted by molar-refractivity contribution is 0.0839. The van der Waals surface area contributed by atoms with Crippen LogP contribution in [0.4, 0.5) is 0 Å². The van der Waals surface area contributed by atoms with Gasteiger partial charge in [-0.1, -0.05) is 54.6 Å². The van der Waals surface area contributed by atoms with Gasteiger partial charge in [-0.2, -0.15) is 0 Å². The SMILES string of the molecule is CS(=O)(=O)CC1(Cc2ccccc2)OB(O)c2ccccc21. The summed E-state index contributed by atoms with van der Waals surface area (Å²) < 4.78 is 29.7. The third-order valence-electron chi connectivity index (χ3n) is 3.88. The quantitative estimate of drug-likeness (QED) is 0.851. The molecule has 4 nitrogen and oxygen atoms in total. The molecule has 0 bridgehead atoms. The Kier molecular flexibility index (Phi) is 3.84. The van der Waals surface area contributed by atoms with Gasteiger partial charge in [0.25, 0.3) is 0 Å². The number of sulfone groups is 1. The second-order valence-electron chi connectivity index (χ2n) is 5.78. The summed E-state index contributed by atoms with van der Waals surface area (Å²) in [7, 11) is -4.38. The Hall–Kier alpha value is -1.63. The third kappa shape index (κ3) is 2.95. The largest absolute Gasteiger partial charge is 0.492 e. The average Bonchev–Trinajstić information content (AvgIpc) is 2.71. The van der Waals surface area contributed by atoms with Gasteiger partial charge in [0.15, 0.2) is 9.84 Å². The minimum Gasteiger partial charge on any atom is -0.423 e. The van der Waals surface area contributed by atoms with Crippen LogP contribution in [0.5, 0.6) is 0 Å². The Morgan fingerprint density at radius 3 is 2.41 bits per heavy atom. The van der Waals surface area contributed by atoms with Crippen molar-refractivity contribution in [1.82, 2.24) is 0 Å². The molecule has 0 radical (unpaired) electrons. The Labute approximate surface area is 130 Å². The number of hydrogen-bond acceptors (Lipinski definition) is 4. The van der Waals surface area contributed by atoms with Crippen LogP contribution in [-0.4, -0.2) is 32.6 Å². The molecule has 1 atom stereocenters. The fourth-order valence-electron chi connectivity index (χ4n) is 3.12. The molecule has 1 aliphatic rings. The van der Waals surface area contributed by atoms with Gasteiger partial charge in [-0.3, -0.25) is 0 Å². The zero-order valence-corrected chi connectivity index (χ0v) is 13.1. The summed E-state index contributed by atoms with van der Waals surface area (Å²) in [6, 6.07) is 16.8. The van der Waals surface area contributed by atoms with Gasteiger partial charge in [-0.25, -0.2) is 8.42 Å². The molecule has 22 heavy (non-hydrogen) atoms. The number of benzene rings is 2. The van der Waals surface area contributed by atoms with Gasteiger partial charge in [0, 0.05) is 12.7 Å². The van der Waals surface area contributed by atoms with Gasteiger partial charge in [0.2, 0.25) is 0 Å². The molecule has 2 aromatic rings. The molecule has 6 heteroatoms. The van der Waals surface area contributed by atoms with Crippen LogP contribution in [-0.2, 0) is 26.5 Å². The molecule has 1 N–H and O–H groups in total. The molecular formula is C16H17BO4S. The Morgan fingerprint density at radius 1 is 1.09 bits per heavy atom. The van der Waals surface area contributed by atoms with Crippen LogP contribution in [0.25, 0.3) is 0 Å². The molecule has 0 saturated heterocycles. The Balaban J connectivity index is 2.09. The van der Waals surface area contributed by atoms with Gasteiger partial charge in [0.05, 0.1) is 11.4 Å². The molecule has 0 spiro atoms. The Bertz CT molecular complexity index is 776. The van der Waals surface area contributed by atoms with Crippen molar-refractivity contribution in [2.45, 2.75) is 12.0 Å². The highest BCUT2D eigenvalue weighted by Gasteiger charge is 2.48. The molecule has 1 unspecified atom stereocenters. The van der Waals surface area contributed by atoms with Gasteiger partial charge in [0.1, 0.15) is 0 Å². The summed E-state index contributed by atoms with van der Waals surface area (Å²) in [5.74, 6) is -0.164. The summed E-state index contributed by atoms with van der Waals surface area (Å²) in [6.07, 6.45) is 1.59. The van der Waals surface area contributed by atoms with E-state index >= 15 is 0 Å². The van der Waals surface area contributed by atoms with E-state index in [2.05, 4.69) is 0 Å². The maximum atomic E-state index is 11.9. The van der Waals surface area contributed by atoms with Crippen LogP contribution in [0.15, 0.2) is 54.6 Å². The van der Waals surface area contributed by atoms with E-state index in [0.29, 0.717) is 11.9 Å². The van der Waals surface area contributed by atoms with Crippen LogP contribution in [0.2, 0.25) is 0 Å².